The molecule has 31 heavy (non-hydrogen) atoms. The van der Waals surface area contributed by atoms with Crippen LogP contribution < -0.4 is 11.1 Å². The summed E-state index contributed by atoms with van der Waals surface area (Å²) >= 11 is 0. The zero-order valence-electron chi connectivity index (χ0n) is 16.4. The number of amides is 2. The lowest BCUT2D eigenvalue weighted by atomic mass is 9.98. The second-order valence-corrected chi connectivity index (χ2v) is 6.55. The van der Waals surface area contributed by atoms with E-state index in [0.717, 1.165) is 19.2 Å². The molecule has 3 rings (SSSR count). The molecule has 0 saturated carbocycles. The van der Waals surface area contributed by atoms with Crippen LogP contribution >= 0.6 is 0 Å². The third-order valence-electron chi connectivity index (χ3n) is 4.64. The maximum Gasteiger partial charge on any atom is 0.341 e. The van der Waals surface area contributed by atoms with Crippen LogP contribution in [0.25, 0.3) is 11.1 Å². The summed E-state index contributed by atoms with van der Waals surface area (Å²) in [7, 11) is 1.13. The molecule has 0 aliphatic rings. The SMILES string of the molecule is COC(=O)c1c(F)cccc1-c1ccc(CNC(=O)c2ccccc2C(N)=O)c(F)c1. The highest BCUT2D eigenvalue weighted by Gasteiger charge is 2.19. The van der Waals surface area contributed by atoms with E-state index in [0.29, 0.717) is 0 Å². The molecule has 0 aliphatic heterocycles. The van der Waals surface area contributed by atoms with E-state index in [1.54, 1.807) is 12.1 Å². The van der Waals surface area contributed by atoms with Crippen LogP contribution in [0, 0.1) is 11.6 Å². The Bertz CT molecular complexity index is 1180. The fourth-order valence-corrected chi connectivity index (χ4v) is 3.10. The molecule has 8 heteroatoms. The van der Waals surface area contributed by atoms with Crippen LogP contribution in [0.3, 0.4) is 0 Å². The van der Waals surface area contributed by atoms with E-state index in [2.05, 4.69) is 10.1 Å². The monoisotopic (exact) mass is 424 g/mol. The van der Waals surface area contributed by atoms with Crippen LogP contribution in [0.4, 0.5) is 8.78 Å². The van der Waals surface area contributed by atoms with Gasteiger partial charge in [0.2, 0.25) is 5.91 Å². The Kier molecular flexibility index (Phi) is 6.40. The van der Waals surface area contributed by atoms with Crippen molar-refractivity contribution in [1.82, 2.24) is 5.32 Å². The molecule has 0 aromatic heterocycles. The standard InChI is InChI=1S/C23H18F2N2O4/c1-31-23(30)20-15(7-4-8-18(20)24)13-9-10-14(19(25)11-13)12-27-22(29)17-6-3-2-5-16(17)21(26)28/h2-11H,12H2,1H3,(H2,26,28)(H,27,29). The maximum absolute atomic E-state index is 14.7. The second-order valence-electron chi connectivity index (χ2n) is 6.55. The molecule has 0 radical (unpaired) electrons. The van der Waals surface area contributed by atoms with Gasteiger partial charge in [0.1, 0.15) is 17.2 Å². The van der Waals surface area contributed by atoms with Crippen molar-refractivity contribution < 1.29 is 27.9 Å². The number of esters is 1. The van der Waals surface area contributed by atoms with Gasteiger partial charge in [-0.05, 0) is 35.4 Å². The average molecular weight is 424 g/mol. The van der Waals surface area contributed by atoms with E-state index in [9.17, 15) is 23.2 Å². The predicted octanol–water partition coefficient (Wildman–Crippen LogP) is 3.45. The number of nitrogens with two attached hydrogens (primary N) is 1. The smallest absolute Gasteiger partial charge is 0.341 e. The van der Waals surface area contributed by atoms with E-state index in [1.165, 1.54) is 36.4 Å². The summed E-state index contributed by atoms with van der Waals surface area (Å²) in [6.45, 7) is -0.162. The van der Waals surface area contributed by atoms with E-state index in [1.807, 2.05) is 0 Å². The van der Waals surface area contributed by atoms with Gasteiger partial charge in [0, 0.05) is 12.1 Å². The Balaban J connectivity index is 1.83. The van der Waals surface area contributed by atoms with Gasteiger partial charge < -0.3 is 15.8 Å². The zero-order chi connectivity index (χ0) is 22.5. The first-order chi connectivity index (χ1) is 14.8. The number of primary amides is 1. The number of methoxy groups -OCH3 is 1. The van der Waals surface area contributed by atoms with E-state index in [4.69, 9.17) is 5.73 Å². The van der Waals surface area contributed by atoms with Crippen molar-refractivity contribution in [2.75, 3.05) is 7.11 Å². The molecular formula is C23H18F2N2O4. The molecule has 3 aromatic rings. The summed E-state index contributed by atoms with van der Waals surface area (Å²) in [5.74, 6) is -3.66. The number of carbonyl (C=O) groups excluding carboxylic acids is 3. The van der Waals surface area contributed by atoms with Crippen molar-refractivity contribution >= 4 is 17.8 Å². The first-order valence-corrected chi connectivity index (χ1v) is 9.16. The summed E-state index contributed by atoms with van der Waals surface area (Å²) in [6.07, 6.45) is 0. The molecule has 3 N–H and O–H groups in total. The van der Waals surface area contributed by atoms with Crippen molar-refractivity contribution in [3.8, 4) is 11.1 Å². The number of ether oxygens (including phenoxy) is 1. The molecule has 0 fully saturated rings. The molecule has 0 unspecified atom stereocenters. The van der Waals surface area contributed by atoms with Gasteiger partial charge in [-0.15, -0.1) is 0 Å². The van der Waals surface area contributed by atoms with Crippen LogP contribution in [0.1, 0.15) is 36.6 Å². The molecule has 2 amide bonds. The number of carbonyl (C=O) groups is 3. The molecule has 0 bridgehead atoms. The van der Waals surface area contributed by atoms with E-state index >= 15 is 0 Å². The van der Waals surface area contributed by atoms with Gasteiger partial charge in [0.05, 0.1) is 18.2 Å². The molecule has 158 valence electrons. The predicted molar refractivity (Wildman–Crippen MR) is 109 cm³/mol. The molecule has 0 aliphatic carbocycles. The quantitative estimate of drug-likeness (QED) is 0.592. The first kappa shape index (κ1) is 21.6. The lowest BCUT2D eigenvalue weighted by Gasteiger charge is -2.12. The van der Waals surface area contributed by atoms with Gasteiger partial charge in [-0.3, -0.25) is 9.59 Å². The second kappa shape index (κ2) is 9.17. The summed E-state index contributed by atoms with van der Waals surface area (Å²) < 4.78 is 33.4. The van der Waals surface area contributed by atoms with Gasteiger partial charge in [0.15, 0.2) is 0 Å². The number of halogens is 2. The molecule has 0 heterocycles. The van der Waals surface area contributed by atoms with Gasteiger partial charge in [-0.2, -0.15) is 0 Å². The summed E-state index contributed by atoms with van der Waals surface area (Å²) in [6, 6.07) is 14.1. The van der Waals surface area contributed by atoms with Crippen molar-refractivity contribution in [2.24, 2.45) is 5.73 Å². The van der Waals surface area contributed by atoms with Crippen molar-refractivity contribution in [3.63, 3.8) is 0 Å². The highest BCUT2D eigenvalue weighted by Crippen LogP contribution is 2.28. The minimum absolute atomic E-state index is 0.0530. The molecule has 0 atom stereocenters. The van der Waals surface area contributed by atoms with Crippen LogP contribution in [0.2, 0.25) is 0 Å². The lowest BCUT2D eigenvalue weighted by Crippen LogP contribution is -2.26. The fourth-order valence-electron chi connectivity index (χ4n) is 3.10. The van der Waals surface area contributed by atoms with Crippen LogP contribution in [-0.4, -0.2) is 24.9 Å². The normalized spacial score (nSPS) is 10.4. The molecular weight excluding hydrogens is 406 g/mol. The van der Waals surface area contributed by atoms with Crippen LogP contribution in [-0.2, 0) is 11.3 Å². The van der Waals surface area contributed by atoms with Gasteiger partial charge in [-0.1, -0.05) is 36.4 Å². The Hall–Kier alpha value is -4.07. The lowest BCUT2D eigenvalue weighted by molar-refractivity contribution is 0.0596. The third-order valence-corrected chi connectivity index (χ3v) is 4.64. The summed E-state index contributed by atoms with van der Waals surface area (Å²) in [5.41, 5.74) is 5.71. The Morgan fingerprint density at radius 1 is 0.935 bits per heavy atom. The van der Waals surface area contributed by atoms with E-state index < -0.39 is 29.4 Å². The van der Waals surface area contributed by atoms with Gasteiger partial charge in [0.25, 0.3) is 5.91 Å². The molecule has 0 saturated heterocycles. The number of rotatable bonds is 6. The number of hydrogen-bond donors (Lipinski definition) is 2. The molecule has 0 spiro atoms. The number of hydrogen-bond acceptors (Lipinski definition) is 4. The highest BCUT2D eigenvalue weighted by molar-refractivity contribution is 6.06. The number of benzene rings is 3. The summed E-state index contributed by atoms with van der Waals surface area (Å²) in [4.78, 5) is 35.8. The van der Waals surface area contributed by atoms with Gasteiger partial charge >= 0.3 is 5.97 Å². The van der Waals surface area contributed by atoms with Crippen LogP contribution in [0.15, 0.2) is 60.7 Å². The minimum atomic E-state index is -0.877. The van der Waals surface area contributed by atoms with Gasteiger partial charge in [-0.25, -0.2) is 13.6 Å². The zero-order valence-corrected chi connectivity index (χ0v) is 16.4. The van der Waals surface area contributed by atoms with Crippen molar-refractivity contribution in [3.05, 3.63) is 94.6 Å². The van der Waals surface area contributed by atoms with Crippen LogP contribution in [0.5, 0.6) is 0 Å². The average Bonchev–Trinajstić information content (AvgIpc) is 2.77. The Labute approximate surface area is 176 Å². The minimum Gasteiger partial charge on any atom is -0.465 e. The number of nitrogens with one attached hydrogen (secondary N) is 1. The van der Waals surface area contributed by atoms with Crippen molar-refractivity contribution in [2.45, 2.75) is 6.54 Å². The Morgan fingerprint density at radius 2 is 1.65 bits per heavy atom. The molecule has 6 nitrogen and oxygen atoms in total. The Morgan fingerprint density at radius 3 is 2.29 bits per heavy atom. The first-order valence-electron chi connectivity index (χ1n) is 9.16. The third kappa shape index (κ3) is 4.58. The highest BCUT2D eigenvalue weighted by atomic mass is 19.1. The maximum atomic E-state index is 14.7. The molecule has 3 aromatic carbocycles. The summed E-state index contributed by atoms with van der Waals surface area (Å²) in [5, 5.41) is 2.54. The largest absolute Gasteiger partial charge is 0.465 e. The fraction of sp³-hybridized carbons (Fsp3) is 0.0870. The van der Waals surface area contributed by atoms with E-state index in [-0.39, 0.29) is 39.9 Å². The topological polar surface area (TPSA) is 98.5 Å². The van der Waals surface area contributed by atoms with Crippen molar-refractivity contribution in [1.29, 1.82) is 0 Å².